The first-order valence-corrected chi connectivity index (χ1v) is 21.6. The number of aliphatic hydroxyl groups is 1. The van der Waals surface area contributed by atoms with Crippen LogP contribution in [0.25, 0.3) is 0 Å². The Morgan fingerprint density at radius 2 is 1.77 bits per heavy atom. The molecule has 7 atom stereocenters. The van der Waals surface area contributed by atoms with Crippen molar-refractivity contribution in [3.05, 3.63) is 81.9 Å². The minimum atomic E-state index is -1.86. The van der Waals surface area contributed by atoms with E-state index in [1.54, 1.807) is 51.2 Å². The summed E-state index contributed by atoms with van der Waals surface area (Å²) in [4.78, 5) is 79.5. The minimum absolute atomic E-state index is 0.0815. The summed E-state index contributed by atoms with van der Waals surface area (Å²) in [5.74, 6) is -1.67. The molecule has 2 saturated heterocycles. The number of epoxide rings is 1. The number of carbonyl (C=O) groups is 6. The molecule has 0 aromatic heterocycles. The van der Waals surface area contributed by atoms with Crippen molar-refractivity contribution < 1.29 is 57.6 Å². The summed E-state index contributed by atoms with van der Waals surface area (Å²) in [6.07, 6.45) is 3.92. The fourth-order valence-corrected chi connectivity index (χ4v) is 8.72. The molecule has 2 aromatic rings. The molecule has 17 nitrogen and oxygen atoms in total. The molecule has 0 saturated carbocycles. The molecule has 0 aliphatic carbocycles. The zero-order valence-corrected chi connectivity index (χ0v) is 37.9. The van der Waals surface area contributed by atoms with Gasteiger partial charge in [0, 0.05) is 57.3 Å². The van der Waals surface area contributed by atoms with Crippen molar-refractivity contribution in [2.75, 3.05) is 43.3 Å². The number of nitrogens with one attached hydrogen (secondary N) is 3. The number of nitrogens with zero attached hydrogens (tertiary/aromatic N) is 2. The van der Waals surface area contributed by atoms with Crippen molar-refractivity contribution in [3.63, 3.8) is 0 Å². The van der Waals surface area contributed by atoms with Gasteiger partial charge in [0.25, 0.3) is 11.8 Å². The zero-order chi connectivity index (χ0) is 46.5. The molecule has 2 aromatic carbocycles. The number of methoxy groups -OCH3 is 2. The third-order valence-corrected chi connectivity index (χ3v) is 12.6. The summed E-state index contributed by atoms with van der Waals surface area (Å²) in [5.41, 5.74) is -0.580. The molecular weight excluding hydrogens is 873 g/mol. The average Bonchev–Trinajstić information content (AvgIpc) is 3.84. The summed E-state index contributed by atoms with van der Waals surface area (Å²) in [6, 6.07) is 8.03. The lowest BCUT2D eigenvalue weighted by atomic mass is 9.83. The van der Waals surface area contributed by atoms with E-state index in [1.807, 2.05) is 13.0 Å². The highest BCUT2D eigenvalue weighted by atomic mass is 35.5. The quantitative estimate of drug-likeness (QED) is 0.109. The largest absolute Gasteiger partial charge is 0.495 e. The average molecular weight is 927 g/mol. The molecule has 64 heavy (non-hydrogen) atoms. The van der Waals surface area contributed by atoms with Crippen LogP contribution in [0, 0.1) is 5.92 Å². The van der Waals surface area contributed by atoms with Gasteiger partial charge in [-0.05, 0) is 69.0 Å². The van der Waals surface area contributed by atoms with Gasteiger partial charge in [-0.1, -0.05) is 60.3 Å². The van der Waals surface area contributed by atoms with Crippen LogP contribution in [0.1, 0.15) is 64.9 Å². The number of anilines is 3. The standard InChI is InChI=1S/C45H53Cl2N5O12/c1-25-11-10-12-34(61-6)45(59)24-33(62-43(58)50-45)26(2)41-44(3,64-41)35(23-39(56)51(4)31-20-27(19-25)21-32(60-5)40(31)47)63-42(57)49-30-15-14-28(22-29(30)46)48-36(53)13-8-7-9-18-52-37(54)16-17-38(52)55/h10-12,14-17,20-22,26,33-35,41,59H,7-9,13,18-19,23-24H2,1-6H3,(H,48,53)(H,49,57)(H,50,58)/b12-10+,25-11+/t26-,33+,34-,35+,41+,44+,45+/m1/s1. The van der Waals surface area contributed by atoms with Crippen LogP contribution < -0.4 is 25.6 Å². The van der Waals surface area contributed by atoms with E-state index in [0.29, 0.717) is 42.8 Å². The fourth-order valence-electron chi connectivity index (χ4n) is 8.18. The lowest BCUT2D eigenvalue weighted by molar-refractivity contribution is -0.142. The molecule has 6 rings (SSSR count). The van der Waals surface area contributed by atoms with Gasteiger partial charge in [0.2, 0.25) is 11.8 Å². The number of hydrogen-bond acceptors (Lipinski definition) is 12. The molecule has 19 heteroatoms. The molecular formula is C45H53Cl2N5O12. The fraction of sp³-hybridized carbons (Fsp3) is 0.467. The lowest BCUT2D eigenvalue weighted by Crippen LogP contribution is -2.63. The highest BCUT2D eigenvalue weighted by Crippen LogP contribution is 2.49. The molecule has 0 radical (unpaired) electrons. The van der Waals surface area contributed by atoms with Gasteiger partial charge in [0.05, 0.1) is 36.0 Å². The molecule has 2 fully saturated rings. The van der Waals surface area contributed by atoms with Crippen molar-refractivity contribution in [2.24, 2.45) is 5.92 Å². The summed E-state index contributed by atoms with van der Waals surface area (Å²) in [6.45, 7) is 5.64. The highest BCUT2D eigenvalue weighted by molar-refractivity contribution is 6.35. The Hall–Kier alpha value is -5.46. The van der Waals surface area contributed by atoms with E-state index in [9.17, 15) is 33.9 Å². The Bertz CT molecular complexity index is 2250. The molecule has 0 spiro atoms. The van der Waals surface area contributed by atoms with Crippen molar-refractivity contribution in [1.82, 2.24) is 10.2 Å². The normalized spacial score (nSPS) is 28.3. The highest BCUT2D eigenvalue weighted by Gasteiger charge is 2.64. The van der Waals surface area contributed by atoms with Gasteiger partial charge in [-0.3, -0.25) is 34.7 Å². The van der Waals surface area contributed by atoms with Gasteiger partial charge in [-0.25, -0.2) is 9.59 Å². The van der Waals surface area contributed by atoms with Crippen LogP contribution in [0.15, 0.2) is 66.3 Å². The maximum atomic E-state index is 14.2. The Kier molecular flexibility index (Phi) is 15.1. The Balaban J connectivity index is 1.19. The van der Waals surface area contributed by atoms with Crippen LogP contribution in [0.4, 0.5) is 26.7 Å². The number of hydrogen-bond donors (Lipinski definition) is 4. The van der Waals surface area contributed by atoms with Gasteiger partial charge in [-0.2, -0.15) is 0 Å². The van der Waals surface area contributed by atoms with Gasteiger partial charge in [0.15, 0.2) is 5.72 Å². The zero-order valence-electron chi connectivity index (χ0n) is 36.4. The molecule has 6 amide bonds. The third-order valence-electron chi connectivity index (χ3n) is 11.9. The summed E-state index contributed by atoms with van der Waals surface area (Å²) in [5, 5.41) is 20.0. The van der Waals surface area contributed by atoms with Crippen molar-refractivity contribution in [3.8, 4) is 5.75 Å². The van der Waals surface area contributed by atoms with Crippen LogP contribution in [0.3, 0.4) is 0 Å². The molecule has 4 bridgehead atoms. The van der Waals surface area contributed by atoms with Crippen molar-refractivity contribution >= 4 is 76.1 Å². The van der Waals surface area contributed by atoms with Crippen LogP contribution in [0.2, 0.25) is 10.0 Å². The number of unbranched alkanes of at least 4 members (excludes halogenated alkanes) is 2. The third kappa shape index (κ3) is 11.1. The second kappa shape index (κ2) is 20.2. The monoisotopic (exact) mass is 925 g/mol. The van der Waals surface area contributed by atoms with Gasteiger partial charge in [0.1, 0.15) is 34.7 Å². The molecule has 4 aliphatic rings. The SMILES string of the molecule is COc1cc2cc(c1Cl)N(C)C(=O)C[C@H](OC(=O)Nc1ccc(NC(=O)CCCCCN3C(=O)C=CC3=O)cc1Cl)[C@]1(C)O[C@H]1[C@H](C)[C@@H]1C[C@@](O)(NC(=O)O1)[C@H](OC)/C=C/C=C(\C)C2. The topological polar surface area (TPSA) is 215 Å². The van der Waals surface area contributed by atoms with Gasteiger partial charge >= 0.3 is 12.2 Å². The Morgan fingerprint density at radius 3 is 2.45 bits per heavy atom. The number of imide groups is 1. The van der Waals surface area contributed by atoms with E-state index in [4.69, 9.17) is 46.9 Å². The Morgan fingerprint density at radius 1 is 1.03 bits per heavy atom. The second-order valence-electron chi connectivity index (χ2n) is 16.5. The first-order chi connectivity index (χ1) is 30.3. The predicted octanol–water partition coefficient (Wildman–Crippen LogP) is 6.45. The number of ether oxygens (including phenoxy) is 5. The second-order valence-corrected chi connectivity index (χ2v) is 17.3. The molecule has 344 valence electrons. The first kappa shape index (κ1) is 48.0. The van der Waals surface area contributed by atoms with Gasteiger partial charge < -0.3 is 39.0 Å². The predicted molar refractivity (Wildman–Crippen MR) is 237 cm³/mol. The number of halogens is 2. The van der Waals surface area contributed by atoms with Crippen LogP contribution >= 0.6 is 23.2 Å². The minimum Gasteiger partial charge on any atom is -0.495 e. The lowest BCUT2D eigenvalue weighted by Gasteiger charge is -2.42. The summed E-state index contributed by atoms with van der Waals surface area (Å²) < 4.78 is 29.2. The van der Waals surface area contributed by atoms with Crippen LogP contribution in [0.5, 0.6) is 5.75 Å². The number of carbonyl (C=O) groups excluding carboxylic acids is 6. The van der Waals surface area contributed by atoms with Crippen LogP contribution in [-0.2, 0) is 44.5 Å². The molecule has 4 heterocycles. The number of benzene rings is 2. The van der Waals surface area contributed by atoms with Gasteiger partial charge in [-0.15, -0.1) is 0 Å². The van der Waals surface area contributed by atoms with E-state index in [0.717, 1.165) is 16.0 Å². The number of alkyl carbamates (subject to hydrolysis) is 1. The van der Waals surface area contributed by atoms with Crippen LogP contribution in [-0.4, -0.2) is 109 Å². The number of rotatable bonds is 11. The summed E-state index contributed by atoms with van der Waals surface area (Å²) >= 11 is 13.3. The Labute approximate surface area is 381 Å². The van der Waals surface area contributed by atoms with E-state index < -0.39 is 59.8 Å². The van der Waals surface area contributed by atoms with E-state index in [-0.39, 0.29) is 59.3 Å². The number of allylic oxidation sites excluding steroid dienone is 3. The van der Waals surface area contributed by atoms with Crippen molar-refractivity contribution in [2.45, 2.75) is 101 Å². The first-order valence-electron chi connectivity index (χ1n) is 20.8. The van der Waals surface area contributed by atoms with Crippen molar-refractivity contribution in [1.29, 1.82) is 0 Å². The maximum Gasteiger partial charge on any atom is 0.412 e. The molecule has 0 unspecified atom stereocenters. The number of fused-ring (bicyclic) bond motifs is 5. The summed E-state index contributed by atoms with van der Waals surface area (Å²) in [7, 11) is 4.44. The number of amides is 6. The maximum absolute atomic E-state index is 14.2. The van der Waals surface area contributed by atoms with E-state index in [2.05, 4.69) is 16.0 Å². The van der Waals surface area contributed by atoms with E-state index >= 15 is 0 Å². The molecule has 4 aliphatic heterocycles. The smallest absolute Gasteiger partial charge is 0.412 e. The molecule has 4 N–H and O–H groups in total. The van der Waals surface area contributed by atoms with E-state index in [1.165, 1.54) is 43.4 Å².